The number of pyridine rings is 1. The first-order valence-corrected chi connectivity index (χ1v) is 10.6. The zero-order valence-corrected chi connectivity index (χ0v) is 16.2. The highest BCUT2D eigenvalue weighted by atomic mass is 32.2. The monoisotopic (exact) mass is 412 g/mol. The van der Waals surface area contributed by atoms with Gasteiger partial charge < -0.3 is 9.47 Å². The van der Waals surface area contributed by atoms with Crippen LogP contribution in [0.25, 0.3) is 11.3 Å². The number of hydrogen-bond donors (Lipinski definition) is 1. The molecule has 3 rings (SSSR count). The van der Waals surface area contributed by atoms with Gasteiger partial charge in [-0.2, -0.15) is 0 Å². The summed E-state index contributed by atoms with van der Waals surface area (Å²) in [5.74, 6) is -0.916. The molecule has 0 spiro atoms. The summed E-state index contributed by atoms with van der Waals surface area (Å²) < 4.78 is 64.3. The fraction of sp³-hybridized carbons (Fsp3) is 0.421. The highest BCUT2D eigenvalue weighted by Crippen LogP contribution is 2.25. The smallest absolute Gasteiger partial charge is 0.211 e. The molecule has 1 N–H and O–H groups in total. The van der Waals surface area contributed by atoms with Crippen molar-refractivity contribution in [2.45, 2.75) is 19.4 Å². The zero-order chi connectivity index (χ0) is 20.1. The maximum Gasteiger partial charge on any atom is 0.211 e. The van der Waals surface area contributed by atoms with Gasteiger partial charge in [-0.25, -0.2) is 21.9 Å². The van der Waals surface area contributed by atoms with Crippen molar-refractivity contribution >= 4 is 10.0 Å². The topological polar surface area (TPSA) is 77.5 Å². The van der Waals surface area contributed by atoms with E-state index in [1.807, 2.05) is 0 Å². The third kappa shape index (κ3) is 5.24. The van der Waals surface area contributed by atoms with Gasteiger partial charge in [0.15, 0.2) is 5.82 Å². The average molecular weight is 412 g/mol. The van der Waals surface area contributed by atoms with Crippen molar-refractivity contribution < 1.29 is 26.7 Å². The van der Waals surface area contributed by atoms with E-state index in [2.05, 4.69) is 9.71 Å². The highest BCUT2D eigenvalue weighted by molar-refractivity contribution is 7.89. The maximum absolute atomic E-state index is 13.8. The van der Waals surface area contributed by atoms with Crippen LogP contribution in [0.15, 0.2) is 36.5 Å². The molecule has 0 radical (unpaired) electrons. The molecule has 1 saturated heterocycles. The van der Waals surface area contributed by atoms with Gasteiger partial charge in [-0.3, -0.25) is 4.98 Å². The normalized spacial score (nSPS) is 20.1. The largest absolute Gasteiger partial charge is 0.493 e. The Morgan fingerprint density at radius 2 is 2.04 bits per heavy atom. The summed E-state index contributed by atoms with van der Waals surface area (Å²) >= 11 is 0. The summed E-state index contributed by atoms with van der Waals surface area (Å²) in [6.07, 6.45) is 1.64. The van der Waals surface area contributed by atoms with Crippen LogP contribution in [-0.2, 0) is 14.8 Å². The molecular weight excluding hydrogens is 390 g/mol. The van der Waals surface area contributed by atoms with Crippen LogP contribution in [0.4, 0.5) is 8.78 Å². The first-order valence-electron chi connectivity index (χ1n) is 9.00. The minimum absolute atomic E-state index is 0.00647. The summed E-state index contributed by atoms with van der Waals surface area (Å²) in [6, 6.07) is 7.07. The van der Waals surface area contributed by atoms with E-state index in [4.69, 9.17) is 9.47 Å². The third-order valence-electron chi connectivity index (χ3n) is 4.61. The number of nitrogens with one attached hydrogen (secondary N) is 1. The summed E-state index contributed by atoms with van der Waals surface area (Å²) in [5, 5.41) is 0. The van der Waals surface area contributed by atoms with Crippen LogP contribution >= 0.6 is 0 Å². The van der Waals surface area contributed by atoms with Gasteiger partial charge in [0.1, 0.15) is 17.3 Å². The highest BCUT2D eigenvalue weighted by Gasteiger charge is 2.29. The Labute approximate surface area is 162 Å². The number of rotatable bonds is 7. The summed E-state index contributed by atoms with van der Waals surface area (Å²) in [6.45, 7) is 2.76. The molecule has 0 aliphatic carbocycles. The van der Waals surface area contributed by atoms with Crippen LogP contribution in [-0.4, -0.2) is 45.0 Å². The average Bonchev–Trinajstić information content (AvgIpc) is 2.68. The van der Waals surface area contributed by atoms with Gasteiger partial charge in [0, 0.05) is 24.2 Å². The van der Waals surface area contributed by atoms with E-state index < -0.39 is 21.7 Å². The molecule has 6 nitrogen and oxygen atoms in total. The van der Waals surface area contributed by atoms with Crippen molar-refractivity contribution in [2.75, 3.05) is 25.6 Å². The summed E-state index contributed by atoms with van der Waals surface area (Å²) in [7, 11) is -3.33. The van der Waals surface area contributed by atoms with E-state index in [0.29, 0.717) is 37.6 Å². The van der Waals surface area contributed by atoms with E-state index >= 15 is 0 Å². The molecule has 1 aliphatic heterocycles. The maximum atomic E-state index is 13.8. The molecule has 1 aliphatic rings. The number of aromatic nitrogens is 1. The number of hydrogen-bond acceptors (Lipinski definition) is 5. The Balaban J connectivity index is 1.63. The Morgan fingerprint density at radius 1 is 1.29 bits per heavy atom. The van der Waals surface area contributed by atoms with Gasteiger partial charge in [-0.15, -0.1) is 0 Å². The van der Waals surface area contributed by atoms with E-state index in [0.717, 1.165) is 12.3 Å². The fourth-order valence-corrected chi connectivity index (χ4v) is 3.85. The lowest BCUT2D eigenvalue weighted by molar-refractivity contribution is 0.0274. The quantitative estimate of drug-likeness (QED) is 0.757. The van der Waals surface area contributed by atoms with Crippen LogP contribution in [0.1, 0.15) is 13.3 Å². The van der Waals surface area contributed by atoms with Crippen LogP contribution in [0.5, 0.6) is 5.75 Å². The number of nitrogens with zero attached hydrogens (tertiary/aromatic N) is 1. The number of benzene rings is 1. The first kappa shape index (κ1) is 20.6. The predicted octanol–water partition coefficient (Wildman–Crippen LogP) is 2.75. The molecule has 2 atom stereocenters. The minimum Gasteiger partial charge on any atom is -0.493 e. The Hall–Kier alpha value is -2.10. The van der Waals surface area contributed by atoms with Crippen molar-refractivity contribution in [3.8, 4) is 17.0 Å². The molecule has 2 unspecified atom stereocenters. The van der Waals surface area contributed by atoms with Gasteiger partial charge in [0.25, 0.3) is 0 Å². The zero-order valence-electron chi connectivity index (χ0n) is 15.4. The molecule has 0 amide bonds. The minimum atomic E-state index is -3.33. The second-order valence-electron chi connectivity index (χ2n) is 6.57. The fourth-order valence-electron chi connectivity index (χ4n) is 2.97. The lowest BCUT2D eigenvalue weighted by Crippen LogP contribution is -2.48. The molecule has 1 aromatic carbocycles. The third-order valence-corrected chi connectivity index (χ3v) is 6.03. The molecular formula is C19H22F2N2O4S. The van der Waals surface area contributed by atoms with Crippen molar-refractivity contribution in [1.82, 2.24) is 9.71 Å². The molecule has 2 aromatic rings. The van der Waals surface area contributed by atoms with Crippen LogP contribution in [0, 0.1) is 17.6 Å². The molecule has 28 heavy (non-hydrogen) atoms. The Kier molecular flexibility index (Phi) is 6.58. The lowest BCUT2D eigenvalue weighted by atomic mass is 9.97. The lowest BCUT2D eigenvalue weighted by Gasteiger charge is -2.31. The molecule has 0 saturated carbocycles. The number of sulfonamides is 1. The van der Waals surface area contributed by atoms with Crippen LogP contribution in [0.2, 0.25) is 0 Å². The van der Waals surface area contributed by atoms with Crippen molar-refractivity contribution in [3.05, 3.63) is 48.2 Å². The Bertz CT molecular complexity index is 907. The molecule has 1 aromatic heterocycles. The Morgan fingerprint density at radius 3 is 2.71 bits per heavy atom. The SMILES string of the molecule is CCS(=O)(=O)NC1COCCC1COc1ccc(-c2ncc(F)cc2F)cc1. The van der Waals surface area contributed by atoms with Gasteiger partial charge in [0.2, 0.25) is 10.0 Å². The summed E-state index contributed by atoms with van der Waals surface area (Å²) in [5.41, 5.74) is 0.566. The second kappa shape index (κ2) is 8.93. The van der Waals surface area contributed by atoms with Gasteiger partial charge in [0.05, 0.1) is 31.2 Å². The molecule has 152 valence electrons. The van der Waals surface area contributed by atoms with Crippen molar-refractivity contribution in [3.63, 3.8) is 0 Å². The van der Waals surface area contributed by atoms with E-state index in [1.54, 1.807) is 31.2 Å². The van der Waals surface area contributed by atoms with E-state index in [1.165, 1.54) is 0 Å². The standard InChI is InChI=1S/C19H22F2N2O4S/c1-2-28(24,25)23-18-12-26-8-7-14(18)11-27-16-5-3-13(4-6-16)19-17(21)9-15(20)10-22-19/h3-6,9-10,14,18,23H,2,7-8,11-12H2,1H3. The molecule has 0 bridgehead atoms. The summed E-state index contributed by atoms with van der Waals surface area (Å²) in [4.78, 5) is 3.78. The van der Waals surface area contributed by atoms with Gasteiger partial charge >= 0.3 is 0 Å². The van der Waals surface area contributed by atoms with E-state index in [9.17, 15) is 17.2 Å². The number of ether oxygens (including phenoxy) is 2. The molecule has 2 heterocycles. The molecule has 9 heteroatoms. The number of halogens is 2. The molecule has 1 fully saturated rings. The van der Waals surface area contributed by atoms with Gasteiger partial charge in [-0.1, -0.05) is 0 Å². The predicted molar refractivity (Wildman–Crippen MR) is 100 cm³/mol. The van der Waals surface area contributed by atoms with Crippen molar-refractivity contribution in [2.24, 2.45) is 5.92 Å². The van der Waals surface area contributed by atoms with Crippen LogP contribution in [0.3, 0.4) is 0 Å². The van der Waals surface area contributed by atoms with Gasteiger partial charge in [-0.05, 0) is 37.6 Å². The van der Waals surface area contributed by atoms with Crippen LogP contribution < -0.4 is 9.46 Å². The second-order valence-corrected chi connectivity index (χ2v) is 8.61. The van der Waals surface area contributed by atoms with Crippen molar-refractivity contribution in [1.29, 1.82) is 0 Å². The van der Waals surface area contributed by atoms with E-state index in [-0.39, 0.29) is 23.4 Å². The first-order chi connectivity index (χ1) is 13.4.